The van der Waals surface area contributed by atoms with Crippen molar-refractivity contribution in [3.8, 4) is 0 Å². The molecule has 1 heterocycles. The van der Waals surface area contributed by atoms with Gasteiger partial charge in [0.25, 0.3) is 0 Å². The molecule has 0 saturated heterocycles. The number of thioether (sulfide) groups is 1. The summed E-state index contributed by atoms with van der Waals surface area (Å²) < 4.78 is 0. The minimum atomic E-state index is -0.367. The Kier molecular flexibility index (Phi) is 4.96. The number of amides is 2. The number of benzene rings is 2. The molecule has 1 aliphatic heterocycles. The van der Waals surface area contributed by atoms with E-state index in [1.54, 1.807) is 0 Å². The maximum atomic E-state index is 13.0. The average molecular weight is 381 g/mol. The minimum absolute atomic E-state index is 0.0720. The van der Waals surface area contributed by atoms with E-state index in [0.29, 0.717) is 12.6 Å². The lowest BCUT2D eigenvalue weighted by Gasteiger charge is -2.27. The van der Waals surface area contributed by atoms with Gasteiger partial charge in [-0.05, 0) is 55.5 Å². The summed E-state index contributed by atoms with van der Waals surface area (Å²) in [5, 5.41) is 2.56. The highest BCUT2D eigenvalue weighted by molar-refractivity contribution is 8.01. The molecule has 1 unspecified atom stereocenters. The van der Waals surface area contributed by atoms with Crippen LogP contribution in [-0.2, 0) is 16.1 Å². The van der Waals surface area contributed by atoms with Crippen LogP contribution < -0.4 is 5.32 Å². The Morgan fingerprint density at radius 2 is 1.93 bits per heavy atom. The van der Waals surface area contributed by atoms with Crippen molar-refractivity contribution >= 4 is 29.3 Å². The summed E-state index contributed by atoms with van der Waals surface area (Å²) in [5.41, 5.74) is 4.50. The quantitative estimate of drug-likeness (QED) is 0.841. The van der Waals surface area contributed by atoms with Gasteiger partial charge in [0.05, 0.1) is 10.9 Å². The van der Waals surface area contributed by atoms with Gasteiger partial charge >= 0.3 is 0 Å². The molecule has 0 spiro atoms. The summed E-state index contributed by atoms with van der Waals surface area (Å²) >= 11 is 1.49. The van der Waals surface area contributed by atoms with Gasteiger partial charge in [0.1, 0.15) is 0 Å². The molecule has 2 amide bonds. The topological polar surface area (TPSA) is 49.4 Å². The second-order valence-electron chi connectivity index (χ2n) is 7.47. The lowest BCUT2D eigenvalue weighted by molar-refractivity contribution is -0.133. The van der Waals surface area contributed by atoms with E-state index in [9.17, 15) is 9.59 Å². The van der Waals surface area contributed by atoms with Crippen LogP contribution in [0.25, 0.3) is 0 Å². The third kappa shape index (κ3) is 4.03. The van der Waals surface area contributed by atoms with Crippen LogP contribution in [0.1, 0.15) is 36.0 Å². The van der Waals surface area contributed by atoms with E-state index in [4.69, 9.17) is 0 Å². The molecule has 0 radical (unpaired) electrons. The van der Waals surface area contributed by atoms with Crippen LogP contribution in [-0.4, -0.2) is 28.0 Å². The normalized spacial score (nSPS) is 18.6. The zero-order chi connectivity index (χ0) is 19.0. The average Bonchev–Trinajstić information content (AvgIpc) is 3.48. The number of nitrogens with zero attached hydrogens (tertiary/aromatic N) is 1. The van der Waals surface area contributed by atoms with Crippen molar-refractivity contribution in [1.29, 1.82) is 0 Å². The predicted octanol–water partition coefficient (Wildman–Crippen LogP) is 4.30. The zero-order valence-electron chi connectivity index (χ0n) is 15.7. The Balaban J connectivity index is 1.46. The van der Waals surface area contributed by atoms with Gasteiger partial charge in [-0.1, -0.05) is 30.3 Å². The number of para-hydroxylation sites is 1. The molecule has 27 heavy (non-hydrogen) atoms. The Morgan fingerprint density at radius 1 is 1.15 bits per heavy atom. The molecule has 2 aromatic carbocycles. The van der Waals surface area contributed by atoms with E-state index >= 15 is 0 Å². The Labute approximate surface area is 164 Å². The molecule has 1 saturated carbocycles. The molecule has 140 valence electrons. The molecule has 4 rings (SSSR count). The first-order valence-electron chi connectivity index (χ1n) is 9.43. The standard InChI is InChI=1S/C22H24N2O2S/c1-14-7-8-16(11-15(14)2)13-24(17-9-10-17)21(25)12-20-22(26)23-18-5-3-4-6-19(18)27-20/h3-8,11,17,20H,9-10,12-13H2,1-2H3,(H,23,26). The van der Waals surface area contributed by atoms with Crippen molar-refractivity contribution in [3.63, 3.8) is 0 Å². The molecule has 1 N–H and O–H groups in total. The molecule has 2 aromatic rings. The van der Waals surface area contributed by atoms with Crippen molar-refractivity contribution in [1.82, 2.24) is 4.90 Å². The van der Waals surface area contributed by atoms with E-state index in [0.717, 1.165) is 29.0 Å². The van der Waals surface area contributed by atoms with Crippen molar-refractivity contribution in [2.24, 2.45) is 0 Å². The van der Waals surface area contributed by atoms with Gasteiger partial charge in [-0.3, -0.25) is 9.59 Å². The summed E-state index contributed by atoms with van der Waals surface area (Å²) in [6.45, 7) is 4.82. The van der Waals surface area contributed by atoms with Gasteiger partial charge in [-0.15, -0.1) is 11.8 Å². The minimum Gasteiger partial charge on any atom is -0.335 e. The Bertz CT molecular complexity index is 892. The molecule has 0 bridgehead atoms. The number of rotatable bonds is 5. The number of anilines is 1. The van der Waals surface area contributed by atoms with Gasteiger partial charge in [0.15, 0.2) is 0 Å². The monoisotopic (exact) mass is 380 g/mol. The number of hydrogen-bond acceptors (Lipinski definition) is 3. The highest BCUT2D eigenvalue weighted by atomic mass is 32.2. The molecule has 5 heteroatoms. The lowest BCUT2D eigenvalue weighted by Crippen LogP contribution is -2.38. The number of carbonyl (C=O) groups is 2. The molecule has 2 aliphatic rings. The molecule has 4 nitrogen and oxygen atoms in total. The maximum Gasteiger partial charge on any atom is 0.238 e. The summed E-state index contributed by atoms with van der Waals surface area (Å²) in [6.07, 6.45) is 2.36. The fraction of sp³-hybridized carbons (Fsp3) is 0.364. The van der Waals surface area contributed by atoms with Crippen LogP contribution in [0.4, 0.5) is 5.69 Å². The fourth-order valence-electron chi connectivity index (χ4n) is 3.41. The van der Waals surface area contributed by atoms with E-state index in [-0.39, 0.29) is 23.5 Å². The van der Waals surface area contributed by atoms with Crippen molar-refractivity contribution in [3.05, 3.63) is 59.2 Å². The summed E-state index contributed by atoms with van der Waals surface area (Å²) in [6, 6.07) is 14.4. The SMILES string of the molecule is Cc1ccc(CN(C(=O)CC2Sc3ccccc3NC2=O)C2CC2)cc1C. The van der Waals surface area contributed by atoms with E-state index in [2.05, 4.69) is 37.4 Å². The molecular weight excluding hydrogens is 356 g/mol. The first kappa shape index (κ1) is 18.1. The van der Waals surface area contributed by atoms with Crippen molar-refractivity contribution < 1.29 is 9.59 Å². The highest BCUT2D eigenvalue weighted by Crippen LogP contribution is 2.38. The van der Waals surface area contributed by atoms with Crippen LogP contribution in [0.3, 0.4) is 0 Å². The van der Waals surface area contributed by atoms with E-state index < -0.39 is 0 Å². The van der Waals surface area contributed by atoms with Gasteiger partial charge in [0.2, 0.25) is 11.8 Å². The molecule has 0 aromatic heterocycles. The predicted molar refractivity (Wildman–Crippen MR) is 109 cm³/mol. The number of fused-ring (bicyclic) bond motifs is 1. The summed E-state index contributed by atoms with van der Waals surface area (Å²) in [5.74, 6) is -0.00302. The second-order valence-corrected chi connectivity index (χ2v) is 8.71. The van der Waals surface area contributed by atoms with Crippen LogP contribution in [0.5, 0.6) is 0 Å². The second kappa shape index (κ2) is 7.39. The molecular formula is C22H24N2O2S. The maximum absolute atomic E-state index is 13.0. The fourth-order valence-corrected chi connectivity index (χ4v) is 4.51. The van der Waals surface area contributed by atoms with Crippen LogP contribution >= 0.6 is 11.8 Å². The number of hydrogen-bond donors (Lipinski definition) is 1. The third-order valence-corrected chi connectivity index (χ3v) is 6.57. The first-order valence-corrected chi connectivity index (χ1v) is 10.3. The lowest BCUT2D eigenvalue weighted by atomic mass is 10.1. The van der Waals surface area contributed by atoms with Crippen LogP contribution in [0.15, 0.2) is 47.4 Å². The summed E-state index contributed by atoms with van der Waals surface area (Å²) in [4.78, 5) is 28.5. The van der Waals surface area contributed by atoms with Gasteiger partial charge in [-0.25, -0.2) is 0 Å². The van der Waals surface area contributed by atoms with Gasteiger partial charge in [0, 0.05) is 23.9 Å². The molecule has 1 fully saturated rings. The number of carbonyl (C=O) groups excluding carboxylic acids is 2. The molecule has 1 atom stereocenters. The number of aryl methyl sites for hydroxylation is 2. The van der Waals surface area contributed by atoms with Gasteiger partial charge in [-0.2, -0.15) is 0 Å². The Hall–Kier alpha value is -2.27. The summed E-state index contributed by atoms with van der Waals surface area (Å²) in [7, 11) is 0. The van der Waals surface area contributed by atoms with Crippen LogP contribution in [0.2, 0.25) is 0 Å². The third-order valence-electron chi connectivity index (χ3n) is 5.30. The van der Waals surface area contributed by atoms with E-state index in [1.807, 2.05) is 29.2 Å². The van der Waals surface area contributed by atoms with Crippen molar-refractivity contribution in [2.45, 2.75) is 55.8 Å². The van der Waals surface area contributed by atoms with E-state index in [1.165, 1.54) is 22.9 Å². The zero-order valence-corrected chi connectivity index (χ0v) is 16.5. The Morgan fingerprint density at radius 3 is 2.67 bits per heavy atom. The smallest absolute Gasteiger partial charge is 0.238 e. The van der Waals surface area contributed by atoms with Crippen LogP contribution in [0, 0.1) is 13.8 Å². The van der Waals surface area contributed by atoms with Gasteiger partial charge < -0.3 is 10.2 Å². The first-order chi connectivity index (χ1) is 13.0. The number of nitrogens with one attached hydrogen (secondary N) is 1. The highest BCUT2D eigenvalue weighted by Gasteiger charge is 2.36. The molecule has 1 aliphatic carbocycles. The van der Waals surface area contributed by atoms with Crippen molar-refractivity contribution in [2.75, 3.05) is 5.32 Å². The largest absolute Gasteiger partial charge is 0.335 e.